The number of nitrogens with one attached hydrogen (secondary N) is 1. The van der Waals surface area contributed by atoms with Crippen molar-refractivity contribution in [2.24, 2.45) is 0 Å². The van der Waals surface area contributed by atoms with Crippen molar-refractivity contribution in [1.29, 1.82) is 0 Å². The lowest BCUT2D eigenvalue weighted by Gasteiger charge is -2.33. The second-order valence-electron chi connectivity index (χ2n) is 5.21. The van der Waals surface area contributed by atoms with Crippen LogP contribution in [0, 0.1) is 0 Å². The fourth-order valence-corrected chi connectivity index (χ4v) is 4.77. The Labute approximate surface area is 123 Å². The average Bonchev–Trinajstić information content (AvgIpc) is 2.90. The first-order valence-corrected chi connectivity index (χ1v) is 7.50. The maximum absolute atomic E-state index is 12.6. The Morgan fingerprint density at radius 3 is 2.95 bits per heavy atom. The van der Waals surface area contributed by atoms with Crippen molar-refractivity contribution in [1.82, 2.24) is 10.2 Å². The van der Waals surface area contributed by atoms with Crippen LogP contribution in [0.25, 0.3) is 0 Å². The second-order valence-corrected chi connectivity index (χ2v) is 6.42. The third kappa shape index (κ3) is 2.23. The van der Waals surface area contributed by atoms with Gasteiger partial charge in [0.15, 0.2) is 0 Å². The maximum Gasteiger partial charge on any atom is 0.329 e. The van der Waals surface area contributed by atoms with E-state index in [4.69, 9.17) is 4.74 Å². The molecular weight excluding hydrogens is 288 g/mol. The number of amides is 1. The first kappa shape index (κ1) is 14.9. The molecule has 1 amide bonds. The van der Waals surface area contributed by atoms with Gasteiger partial charge in [-0.05, 0) is 25.8 Å². The SMILES string of the molecule is COC(=O)[C@H]1CS[C@@H]2C[C@]3(CCCCN3)C(=O)N12.Cl. The van der Waals surface area contributed by atoms with Crippen molar-refractivity contribution in [3.63, 3.8) is 0 Å². The molecule has 3 heterocycles. The molecule has 108 valence electrons. The molecule has 3 fully saturated rings. The standard InChI is InChI=1S/C12H18N2O3S.ClH/c1-17-10(15)8-7-18-9-6-12(11(16)14(8)9)4-2-3-5-13-12;/h8-9,13H,2-7H2,1H3;1H/t8-,9-,12-;/m1./s1. The summed E-state index contributed by atoms with van der Waals surface area (Å²) in [6.45, 7) is 0.903. The lowest BCUT2D eigenvalue weighted by molar-refractivity contribution is -0.151. The van der Waals surface area contributed by atoms with E-state index in [0.717, 1.165) is 32.2 Å². The zero-order chi connectivity index (χ0) is 12.8. The van der Waals surface area contributed by atoms with Gasteiger partial charge in [0.05, 0.1) is 12.5 Å². The van der Waals surface area contributed by atoms with Crippen LogP contribution in [0.1, 0.15) is 25.7 Å². The summed E-state index contributed by atoms with van der Waals surface area (Å²) in [6.07, 6.45) is 3.94. The number of hydrogen-bond acceptors (Lipinski definition) is 5. The number of carbonyl (C=O) groups excluding carboxylic acids is 2. The largest absolute Gasteiger partial charge is 0.467 e. The fourth-order valence-electron chi connectivity index (χ4n) is 3.27. The number of thioether (sulfide) groups is 1. The third-order valence-electron chi connectivity index (χ3n) is 4.23. The zero-order valence-corrected chi connectivity index (χ0v) is 12.5. The summed E-state index contributed by atoms with van der Waals surface area (Å²) in [7, 11) is 1.38. The van der Waals surface area contributed by atoms with Crippen molar-refractivity contribution >= 4 is 36.0 Å². The normalized spacial score (nSPS) is 37.1. The molecule has 0 aliphatic carbocycles. The molecular formula is C12H19ClN2O3S. The molecule has 19 heavy (non-hydrogen) atoms. The van der Waals surface area contributed by atoms with Crippen LogP contribution in [-0.4, -0.2) is 53.1 Å². The first-order valence-electron chi connectivity index (χ1n) is 6.45. The highest BCUT2D eigenvalue weighted by Gasteiger charge is 2.57. The van der Waals surface area contributed by atoms with E-state index < -0.39 is 5.54 Å². The van der Waals surface area contributed by atoms with Crippen LogP contribution in [0.3, 0.4) is 0 Å². The highest BCUT2D eigenvalue weighted by Crippen LogP contribution is 2.45. The monoisotopic (exact) mass is 306 g/mol. The van der Waals surface area contributed by atoms with E-state index in [-0.39, 0.29) is 35.7 Å². The van der Waals surface area contributed by atoms with Crippen molar-refractivity contribution in [3.8, 4) is 0 Å². The molecule has 7 heteroatoms. The minimum atomic E-state index is -0.400. The number of carbonyl (C=O) groups is 2. The predicted molar refractivity (Wildman–Crippen MR) is 75.3 cm³/mol. The van der Waals surface area contributed by atoms with Crippen molar-refractivity contribution in [2.45, 2.75) is 42.6 Å². The predicted octanol–water partition coefficient (Wildman–Crippen LogP) is 0.767. The smallest absolute Gasteiger partial charge is 0.329 e. The number of nitrogens with zero attached hydrogens (tertiary/aromatic N) is 1. The Morgan fingerprint density at radius 2 is 2.32 bits per heavy atom. The molecule has 0 aromatic carbocycles. The third-order valence-corrected chi connectivity index (χ3v) is 5.51. The zero-order valence-electron chi connectivity index (χ0n) is 10.9. The topological polar surface area (TPSA) is 58.6 Å². The lowest BCUT2D eigenvalue weighted by atomic mass is 9.87. The molecule has 0 bridgehead atoms. The Bertz CT molecular complexity index is 387. The number of fused-ring (bicyclic) bond motifs is 1. The number of piperidine rings is 1. The maximum atomic E-state index is 12.6. The van der Waals surface area contributed by atoms with Gasteiger partial charge < -0.3 is 15.0 Å². The molecule has 5 nitrogen and oxygen atoms in total. The van der Waals surface area contributed by atoms with Gasteiger partial charge in [-0.1, -0.05) is 0 Å². The van der Waals surface area contributed by atoms with E-state index >= 15 is 0 Å². The van der Waals surface area contributed by atoms with Crippen LogP contribution in [0.5, 0.6) is 0 Å². The van der Waals surface area contributed by atoms with Gasteiger partial charge in [0, 0.05) is 12.2 Å². The summed E-state index contributed by atoms with van der Waals surface area (Å²) >= 11 is 1.70. The fraction of sp³-hybridized carbons (Fsp3) is 0.833. The summed E-state index contributed by atoms with van der Waals surface area (Å²) in [5.41, 5.74) is -0.400. The van der Waals surface area contributed by atoms with Crippen molar-refractivity contribution in [2.75, 3.05) is 19.4 Å². The Kier molecular flexibility index (Phi) is 4.32. The van der Waals surface area contributed by atoms with E-state index in [1.807, 2.05) is 0 Å². The van der Waals surface area contributed by atoms with Crippen LogP contribution in [-0.2, 0) is 14.3 Å². The molecule has 1 spiro atoms. The van der Waals surface area contributed by atoms with Gasteiger partial charge in [-0.25, -0.2) is 4.79 Å². The Morgan fingerprint density at radius 1 is 1.53 bits per heavy atom. The molecule has 1 N–H and O–H groups in total. The van der Waals surface area contributed by atoms with E-state index in [2.05, 4.69) is 5.32 Å². The minimum absolute atomic E-state index is 0. The molecule has 3 aliphatic rings. The quantitative estimate of drug-likeness (QED) is 0.725. The summed E-state index contributed by atoms with van der Waals surface area (Å²) in [5.74, 6) is 0.484. The number of halogens is 1. The highest BCUT2D eigenvalue weighted by atomic mass is 35.5. The number of rotatable bonds is 1. The summed E-state index contributed by atoms with van der Waals surface area (Å²) in [4.78, 5) is 26.1. The number of methoxy groups -OCH3 is 1. The van der Waals surface area contributed by atoms with Gasteiger partial charge in [-0.15, -0.1) is 24.2 Å². The van der Waals surface area contributed by atoms with E-state index in [9.17, 15) is 9.59 Å². The molecule has 0 aromatic heterocycles. The molecule has 0 unspecified atom stereocenters. The molecule has 0 aromatic rings. The van der Waals surface area contributed by atoms with E-state index in [1.165, 1.54) is 7.11 Å². The van der Waals surface area contributed by atoms with Crippen LogP contribution >= 0.6 is 24.2 Å². The number of ether oxygens (including phenoxy) is 1. The Hall–Kier alpha value is -0.460. The van der Waals surface area contributed by atoms with Gasteiger partial charge in [-0.3, -0.25) is 4.79 Å². The summed E-state index contributed by atoms with van der Waals surface area (Å²) in [5, 5.41) is 3.54. The van der Waals surface area contributed by atoms with Crippen molar-refractivity contribution in [3.05, 3.63) is 0 Å². The molecule has 3 saturated heterocycles. The van der Waals surface area contributed by atoms with Gasteiger partial charge >= 0.3 is 5.97 Å². The number of esters is 1. The van der Waals surface area contributed by atoms with Crippen LogP contribution in [0.15, 0.2) is 0 Å². The van der Waals surface area contributed by atoms with Gasteiger partial charge in [0.2, 0.25) is 5.91 Å². The van der Waals surface area contributed by atoms with Crippen molar-refractivity contribution < 1.29 is 14.3 Å². The Balaban J connectivity index is 0.00000133. The lowest BCUT2D eigenvalue weighted by Crippen LogP contribution is -2.56. The van der Waals surface area contributed by atoms with E-state index in [0.29, 0.717) is 5.75 Å². The van der Waals surface area contributed by atoms with Gasteiger partial charge in [0.1, 0.15) is 11.6 Å². The van der Waals surface area contributed by atoms with Crippen LogP contribution in [0.4, 0.5) is 0 Å². The van der Waals surface area contributed by atoms with Crippen LogP contribution in [0.2, 0.25) is 0 Å². The highest BCUT2D eigenvalue weighted by molar-refractivity contribution is 8.00. The van der Waals surface area contributed by atoms with Gasteiger partial charge in [0.25, 0.3) is 0 Å². The molecule has 0 radical (unpaired) electrons. The minimum Gasteiger partial charge on any atom is -0.467 e. The molecule has 0 saturated carbocycles. The summed E-state index contributed by atoms with van der Waals surface area (Å²) < 4.78 is 4.80. The van der Waals surface area contributed by atoms with Gasteiger partial charge in [-0.2, -0.15) is 0 Å². The molecule has 3 atom stereocenters. The number of hydrogen-bond donors (Lipinski definition) is 1. The molecule has 3 rings (SSSR count). The average molecular weight is 307 g/mol. The van der Waals surface area contributed by atoms with E-state index in [1.54, 1.807) is 16.7 Å². The molecule has 3 aliphatic heterocycles. The second kappa shape index (κ2) is 5.50. The first-order chi connectivity index (χ1) is 8.68. The summed E-state index contributed by atoms with van der Waals surface area (Å²) in [6, 6.07) is -0.388. The van der Waals surface area contributed by atoms with Crippen LogP contribution < -0.4 is 5.32 Å².